The molecule has 1 heterocycles. The quantitative estimate of drug-likeness (QED) is 0.804. The van der Waals surface area contributed by atoms with Gasteiger partial charge in [0.25, 0.3) is 0 Å². The number of hydrogen-bond donors (Lipinski definition) is 2. The van der Waals surface area contributed by atoms with E-state index in [4.69, 9.17) is 19.8 Å². The van der Waals surface area contributed by atoms with Crippen LogP contribution in [-0.4, -0.2) is 43.1 Å². The van der Waals surface area contributed by atoms with Gasteiger partial charge in [-0.2, -0.15) is 0 Å². The summed E-state index contributed by atoms with van der Waals surface area (Å²) in [7, 11) is 0.885. The lowest BCUT2D eigenvalue weighted by atomic mass is 9.77. The molecule has 1 fully saturated rings. The van der Waals surface area contributed by atoms with Crippen LogP contribution in [0.5, 0.6) is 5.75 Å². The second-order valence-corrected chi connectivity index (χ2v) is 6.77. The Kier molecular flexibility index (Phi) is 5.08. The first-order chi connectivity index (χ1) is 11.1. The zero-order valence-electron chi connectivity index (χ0n) is 14.8. The van der Waals surface area contributed by atoms with Gasteiger partial charge in [-0.25, -0.2) is 4.79 Å². The lowest BCUT2D eigenvalue weighted by molar-refractivity contribution is 0.00578. The molecule has 0 amide bonds. The second kappa shape index (κ2) is 6.59. The van der Waals surface area contributed by atoms with Crippen LogP contribution in [0.2, 0.25) is 0 Å². The maximum atomic E-state index is 11.5. The van der Waals surface area contributed by atoms with Crippen molar-refractivity contribution >= 4 is 19.2 Å². The largest absolute Gasteiger partial charge is 0.497 e. The molecule has 24 heavy (non-hydrogen) atoms. The van der Waals surface area contributed by atoms with E-state index in [1.54, 1.807) is 18.2 Å². The number of rotatable bonds is 5. The van der Waals surface area contributed by atoms with Crippen LogP contribution in [0.3, 0.4) is 0 Å². The molecule has 2 rings (SSSR count). The molecule has 0 aromatic heterocycles. The van der Waals surface area contributed by atoms with Gasteiger partial charge in [0.1, 0.15) is 5.75 Å². The molecule has 6 nitrogen and oxygen atoms in total. The highest BCUT2D eigenvalue weighted by molar-refractivity contribution is 6.56. The van der Waals surface area contributed by atoms with Gasteiger partial charge in [-0.15, -0.1) is 0 Å². The molecule has 3 N–H and O–H groups in total. The van der Waals surface area contributed by atoms with Crippen LogP contribution in [0, 0.1) is 0 Å². The van der Waals surface area contributed by atoms with Gasteiger partial charge in [-0.3, -0.25) is 0 Å². The summed E-state index contributed by atoms with van der Waals surface area (Å²) in [5.41, 5.74) is 6.23. The van der Waals surface area contributed by atoms with Crippen molar-refractivity contribution in [3.63, 3.8) is 0 Å². The fourth-order valence-corrected chi connectivity index (χ4v) is 2.39. The third-order valence-corrected chi connectivity index (χ3v) is 4.62. The van der Waals surface area contributed by atoms with Crippen LogP contribution in [0.4, 0.5) is 0 Å². The lowest BCUT2D eigenvalue weighted by Gasteiger charge is -2.32. The summed E-state index contributed by atoms with van der Waals surface area (Å²) < 4.78 is 17.1. The first kappa shape index (κ1) is 18.5. The van der Waals surface area contributed by atoms with Crippen molar-refractivity contribution in [2.75, 3.05) is 13.7 Å². The van der Waals surface area contributed by atoms with Crippen molar-refractivity contribution < 1.29 is 23.9 Å². The number of carboxylic acids is 1. The van der Waals surface area contributed by atoms with E-state index in [1.165, 1.54) is 13.2 Å². The third-order valence-electron chi connectivity index (χ3n) is 4.62. The highest BCUT2D eigenvalue weighted by Crippen LogP contribution is 2.38. The molecule has 1 aromatic rings. The molecule has 0 atom stereocenters. The van der Waals surface area contributed by atoms with E-state index >= 15 is 0 Å². The van der Waals surface area contributed by atoms with Gasteiger partial charge in [0.2, 0.25) is 0 Å². The monoisotopic (exact) mass is 333 g/mol. The minimum Gasteiger partial charge on any atom is -0.497 e. The minimum absolute atomic E-state index is 0.136. The molecule has 1 saturated heterocycles. The molecule has 0 saturated carbocycles. The van der Waals surface area contributed by atoms with Crippen LogP contribution in [0.15, 0.2) is 23.7 Å². The van der Waals surface area contributed by atoms with E-state index in [0.717, 1.165) is 0 Å². The number of hydrogen-bond acceptors (Lipinski definition) is 5. The van der Waals surface area contributed by atoms with E-state index in [-0.39, 0.29) is 12.1 Å². The van der Waals surface area contributed by atoms with Crippen LogP contribution in [0.25, 0.3) is 6.08 Å². The Balaban J connectivity index is 2.40. The van der Waals surface area contributed by atoms with E-state index in [2.05, 4.69) is 0 Å². The number of methoxy groups -OCH3 is 1. The zero-order chi connectivity index (χ0) is 18.1. The average molecular weight is 333 g/mol. The standard InChI is InChI=1S/C17H24BNO5/c1-16(2)17(3,4)24-18(23-16)12(10-19)8-11-6-7-13(22-5)9-14(11)15(20)21/h6-9H,10,19H2,1-5H3,(H,20,21). The summed E-state index contributed by atoms with van der Waals surface area (Å²) in [5, 5.41) is 9.42. The average Bonchev–Trinajstić information content (AvgIpc) is 2.72. The highest BCUT2D eigenvalue weighted by Gasteiger charge is 2.52. The summed E-state index contributed by atoms with van der Waals surface area (Å²) >= 11 is 0. The SMILES string of the molecule is COc1ccc(C=C(CN)B2OC(C)(C)C(C)(C)O2)c(C(=O)O)c1. The van der Waals surface area contributed by atoms with Crippen molar-refractivity contribution in [3.05, 3.63) is 34.8 Å². The van der Waals surface area contributed by atoms with Gasteiger partial charge in [0.05, 0.1) is 23.9 Å². The summed E-state index contributed by atoms with van der Waals surface area (Å²) in [4.78, 5) is 11.5. The van der Waals surface area contributed by atoms with Crippen molar-refractivity contribution in [1.29, 1.82) is 0 Å². The predicted octanol–water partition coefficient (Wildman–Crippen LogP) is 2.37. The molecular weight excluding hydrogens is 309 g/mol. The number of carboxylic acid groups (broad SMARTS) is 1. The Bertz CT molecular complexity index is 653. The van der Waals surface area contributed by atoms with E-state index in [0.29, 0.717) is 16.8 Å². The maximum absolute atomic E-state index is 11.5. The molecule has 0 aliphatic carbocycles. The molecule has 1 aliphatic rings. The van der Waals surface area contributed by atoms with Crippen molar-refractivity contribution in [1.82, 2.24) is 0 Å². The summed E-state index contributed by atoms with van der Waals surface area (Å²) in [6.07, 6.45) is 1.71. The molecule has 0 bridgehead atoms. The van der Waals surface area contributed by atoms with E-state index in [1.807, 2.05) is 27.7 Å². The molecule has 1 aromatic carbocycles. The van der Waals surface area contributed by atoms with Crippen molar-refractivity contribution in [2.45, 2.75) is 38.9 Å². The van der Waals surface area contributed by atoms with E-state index < -0.39 is 24.3 Å². The smallest absolute Gasteiger partial charge is 0.491 e. The van der Waals surface area contributed by atoms with Gasteiger partial charge in [0, 0.05) is 6.54 Å². The predicted molar refractivity (Wildman–Crippen MR) is 93.1 cm³/mol. The number of ether oxygens (including phenoxy) is 1. The zero-order valence-corrected chi connectivity index (χ0v) is 14.8. The lowest BCUT2D eigenvalue weighted by Crippen LogP contribution is -2.41. The molecule has 1 aliphatic heterocycles. The molecule has 0 radical (unpaired) electrons. The van der Waals surface area contributed by atoms with Crippen LogP contribution in [0.1, 0.15) is 43.6 Å². The maximum Gasteiger partial charge on any atom is 0.491 e. The molecule has 7 heteroatoms. The highest BCUT2D eigenvalue weighted by atomic mass is 16.7. The van der Waals surface area contributed by atoms with Crippen LogP contribution < -0.4 is 10.5 Å². The van der Waals surface area contributed by atoms with E-state index in [9.17, 15) is 9.90 Å². The third kappa shape index (κ3) is 3.48. The topological polar surface area (TPSA) is 91.0 Å². The molecule has 0 unspecified atom stereocenters. The number of aromatic carboxylic acids is 1. The minimum atomic E-state index is -1.04. The van der Waals surface area contributed by atoms with Crippen molar-refractivity contribution in [2.24, 2.45) is 5.73 Å². The Morgan fingerprint density at radius 1 is 1.29 bits per heavy atom. The summed E-state index contributed by atoms with van der Waals surface area (Å²) in [6, 6.07) is 4.87. The molecular formula is C17H24BNO5. The molecule has 130 valence electrons. The normalized spacial score (nSPS) is 19.4. The summed E-state index contributed by atoms with van der Waals surface area (Å²) in [5.74, 6) is -0.556. The Morgan fingerprint density at radius 2 is 1.88 bits per heavy atom. The van der Waals surface area contributed by atoms with Crippen LogP contribution >= 0.6 is 0 Å². The Labute approximate surface area is 142 Å². The van der Waals surface area contributed by atoms with Gasteiger partial charge in [-0.1, -0.05) is 12.1 Å². The van der Waals surface area contributed by atoms with Gasteiger partial charge in [0.15, 0.2) is 0 Å². The van der Waals surface area contributed by atoms with Gasteiger partial charge in [-0.05, 0) is 50.9 Å². The number of nitrogens with two attached hydrogens (primary N) is 1. The Morgan fingerprint density at radius 3 is 2.33 bits per heavy atom. The van der Waals surface area contributed by atoms with Crippen molar-refractivity contribution in [3.8, 4) is 5.75 Å². The van der Waals surface area contributed by atoms with Gasteiger partial charge < -0.3 is 24.9 Å². The van der Waals surface area contributed by atoms with Crippen LogP contribution in [-0.2, 0) is 9.31 Å². The molecule has 0 spiro atoms. The van der Waals surface area contributed by atoms with Gasteiger partial charge >= 0.3 is 13.1 Å². The Hall–Kier alpha value is -1.83. The second-order valence-electron chi connectivity index (χ2n) is 6.77. The number of benzene rings is 1. The fourth-order valence-electron chi connectivity index (χ4n) is 2.39. The first-order valence-corrected chi connectivity index (χ1v) is 7.79. The number of carbonyl (C=O) groups is 1. The summed E-state index contributed by atoms with van der Waals surface area (Å²) in [6.45, 7) is 8.02. The first-order valence-electron chi connectivity index (χ1n) is 7.79. The fraction of sp³-hybridized carbons (Fsp3) is 0.471.